The van der Waals surface area contributed by atoms with Crippen LogP contribution in [0.2, 0.25) is 0 Å². The third-order valence-corrected chi connectivity index (χ3v) is 6.51. The second kappa shape index (κ2) is 5.63. The van der Waals surface area contributed by atoms with Crippen molar-refractivity contribution in [3.63, 3.8) is 0 Å². The molecule has 0 spiro atoms. The lowest BCUT2D eigenvalue weighted by Crippen LogP contribution is -2.41. The van der Waals surface area contributed by atoms with Crippen molar-refractivity contribution in [1.29, 1.82) is 0 Å². The molecule has 2 aliphatic carbocycles. The summed E-state index contributed by atoms with van der Waals surface area (Å²) in [5.41, 5.74) is 2.52. The van der Waals surface area contributed by atoms with Gasteiger partial charge in [0, 0.05) is 30.5 Å². The fraction of sp³-hybridized carbons (Fsp3) is 0.368. The van der Waals surface area contributed by atoms with Crippen LogP contribution in [-0.2, 0) is 0 Å². The smallest absolute Gasteiger partial charge is 0.332 e. The van der Waals surface area contributed by atoms with Crippen molar-refractivity contribution in [2.24, 2.45) is 0 Å². The van der Waals surface area contributed by atoms with Gasteiger partial charge in [-0.2, -0.15) is 0 Å². The Labute approximate surface area is 158 Å². The maximum absolute atomic E-state index is 13.0. The maximum atomic E-state index is 13.0. The van der Waals surface area contributed by atoms with Crippen molar-refractivity contribution in [2.75, 3.05) is 5.32 Å². The summed E-state index contributed by atoms with van der Waals surface area (Å²) in [6, 6.07) is 8.97. The van der Waals surface area contributed by atoms with E-state index in [-0.39, 0.29) is 11.7 Å². The first-order valence-electron chi connectivity index (χ1n) is 9.33. The zero-order valence-corrected chi connectivity index (χ0v) is 15.4. The summed E-state index contributed by atoms with van der Waals surface area (Å²) in [7, 11) is 0. The van der Waals surface area contributed by atoms with Crippen LogP contribution in [0.4, 0.5) is 5.13 Å². The van der Waals surface area contributed by atoms with Gasteiger partial charge in [0.2, 0.25) is 0 Å². The molecule has 8 heteroatoms. The molecule has 2 fully saturated rings. The molecule has 0 saturated heterocycles. The summed E-state index contributed by atoms with van der Waals surface area (Å²) in [5.74, 6) is 0. The summed E-state index contributed by atoms with van der Waals surface area (Å²) in [4.78, 5) is 26.5. The van der Waals surface area contributed by atoms with Crippen LogP contribution in [0.15, 0.2) is 41.5 Å². The molecule has 136 valence electrons. The molecular weight excluding hydrogens is 360 g/mol. The van der Waals surface area contributed by atoms with Gasteiger partial charge in [0.25, 0.3) is 0 Å². The van der Waals surface area contributed by atoms with Crippen LogP contribution in [0.1, 0.15) is 37.8 Å². The van der Waals surface area contributed by atoms with Crippen LogP contribution in [-0.4, -0.2) is 30.1 Å². The monoisotopic (exact) mass is 378 g/mol. The Morgan fingerprint density at radius 3 is 2.41 bits per heavy atom. The van der Waals surface area contributed by atoms with E-state index >= 15 is 0 Å². The molecule has 1 N–H and O–H groups in total. The second-order valence-electron chi connectivity index (χ2n) is 7.41. The van der Waals surface area contributed by atoms with E-state index in [0.717, 1.165) is 47.6 Å². The van der Waals surface area contributed by atoms with Crippen LogP contribution in [0.3, 0.4) is 0 Å². The van der Waals surface area contributed by atoms with Gasteiger partial charge in [-0.25, -0.2) is 19.7 Å². The average molecular weight is 378 g/mol. The molecule has 2 saturated carbocycles. The van der Waals surface area contributed by atoms with Crippen LogP contribution < -0.4 is 11.0 Å². The maximum Gasteiger partial charge on any atom is 0.332 e. The van der Waals surface area contributed by atoms with Gasteiger partial charge in [-0.1, -0.05) is 23.5 Å². The largest absolute Gasteiger partial charge is 0.359 e. The molecule has 0 aliphatic heterocycles. The number of imidazole rings is 1. The first-order chi connectivity index (χ1) is 13.3. The zero-order chi connectivity index (χ0) is 18.0. The summed E-state index contributed by atoms with van der Waals surface area (Å²) in [6.07, 6.45) is 7.25. The SMILES string of the molecule is O=c1n(C2CC2)c2nccnc2n1[C@H]1C[C@H](Nc2nc3ccccc3s2)C1. The highest BCUT2D eigenvalue weighted by atomic mass is 32.1. The quantitative estimate of drug-likeness (QED) is 0.589. The van der Waals surface area contributed by atoms with Crippen LogP contribution >= 0.6 is 11.3 Å². The molecule has 0 unspecified atom stereocenters. The molecule has 0 radical (unpaired) electrons. The highest BCUT2D eigenvalue weighted by Crippen LogP contribution is 2.39. The standard InChI is InChI=1S/C19H18N6OS/c26-19-24(12-5-6-12)16-17(21-8-7-20-16)25(19)13-9-11(10-13)22-18-23-14-3-1-2-4-15(14)27-18/h1-4,7-8,11-13H,5-6,9-10H2,(H,22,23)/t11-,13-. The Morgan fingerprint density at radius 2 is 1.70 bits per heavy atom. The van der Waals surface area contributed by atoms with Crippen LogP contribution in [0.25, 0.3) is 21.5 Å². The van der Waals surface area contributed by atoms with E-state index < -0.39 is 0 Å². The average Bonchev–Trinajstić information content (AvgIpc) is 3.32. The fourth-order valence-electron chi connectivity index (χ4n) is 3.98. The lowest BCUT2D eigenvalue weighted by molar-refractivity contribution is 0.280. The summed E-state index contributed by atoms with van der Waals surface area (Å²) in [5, 5.41) is 4.48. The first-order valence-corrected chi connectivity index (χ1v) is 10.1. The summed E-state index contributed by atoms with van der Waals surface area (Å²) in [6.45, 7) is 0. The van der Waals surface area contributed by atoms with Crippen molar-refractivity contribution in [3.8, 4) is 0 Å². The number of aromatic nitrogens is 5. The Kier molecular flexibility index (Phi) is 3.19. The van der Waals surface area contributed by atoms with Crippen molar-refractivity contribution in [1.82, 2.24) is 24.1 Å². The second-order valence-corrected chi connectivity index (χ2v) is 8.44. The number of thiazole rings is 1. The molecule has 27 heavy (non-hydrogen) atoms. The third-order valence-electron chi connectivity index (χ3n) is 5.54. The Hall–Kier alpha value is -2.74. The topological polar surface area (TPSA) is 77.6 Å². The number of fused-ring (bicyclic) bond motifs is 2. The Morgan fingerprint density at radius 1 is 1.00 bits per heavy atom. The fourth-order valence-corrected chi connectivity index (χ4v) is 4.92. The minimum absolute atomic E-state index is 0.0436. The molecule has 4 aromatic rings. The van der Waals surface area contributed by atoms with Gasteiger partial charge in [0.05, 0.1) is 10.2 Å². The molecular formula is C19H18N6OS. The number of anilines is 1. The molecule has 3 heterocycles. The van der Waals surface area contributed by atoms with Crippen molar-refractivity contribution >= 4 is 38.0 Å². The van der Waals surface area contributed by atoms with Crippen LogP contribution in [0.5, 0.6) is 0 Å². The van der Waals surface area contributed by atoms with E-state index in [4.69, 9.17) is 0 Å². The van der Waals surface area contributed by atoms with E-state index in [1.54, 1.807) is 23.7 Å². The Bertz CT molecular complexity index is 1180. The van der Waals surface area contributed by atoms with E-state index in [2.05, 4.69) is 26.3 Å². The molecule has 0 atom stereocenters. The lowest BCUT2D eigenvalue weighted by Gasteiger charge is -2.36. The van der Waals surface area contributed by atoms with E-state index in [9.17, 15) is 4.79 Å². The molecule has 3 aromatic heterocycles. The highest BCUT2D eigenvalue weighted by Gasteiger charge is 2.37. The minimum atomic E-state index is 0.0436. The Balaban J connectivity index is 1.26. The van der Waals surface area contributed by atoms with Gasteiger partial charge in [-0.15, -0.1) is 0 Å². The molecule has 2 aliphatic rings. The molecule has 7 nitrogen and oxygen atoms in total. The molecule has 0 amide bonds. The van der Waals surface area contributed by atoms with E-state index in [1.807, 2.05) is 27.3 Å². The van der Waals surface area contributed by atoms with Crippen LogP contribution in [0, 0.1) is 0 Å². The van der Waals surface area contributed by atoms with Crippen molar-refractivity contribution in [2.45, 2.75) is 43.8 Å². The summed E-state index contributed by atoms with van der Waals surface area (Å²) < 4.78 is 4.89. The van der Waals surface area contributed by atoms with Crippen molar-refractivity contribution in [3.05, 3.63) is 47.1 Å². The van der Waals surface area contributed by atoms with Gasteiger partial charge in [0.1, 0.15) is 0 Å². The van der Waals surface area contributed by atoms with Gasteiger partial charge in [0.15, 0.2) is 16.4 Å². The van der Waals surface area contributed by atoms with E-state index in [0.29, 0.717) is 12.1 Å². The lowest BCUT2D eigenvalue weighted by atomic mass is 9.86. The molecule has 6 rings (SSSR count). The highest BCUT2D eigenvalue weighted by molar-refractivity contribution is 7.22. The molecule has 0 bridgehead atoms. The third kappa shape index (κ3) is 2.39. The predicted octanol–water partition coefficient (Wildman–Crippen LogP) is 3.35. The number of hydrogen-bond donors (Lipinski definition) is 1. The first kappa shape index (κ1) is 15.3. The normalized spacial score (nSPS) is 22.2. The number of benzene rings is 1. The van der Waals surface area contributed by atoms with Crippen molar-refractivity contribution < 1.29 is 0 Å². The molecule has 1 aromatic carbocycles. The van der Waals surface area contributed by atoms with E-state index in [1.165, 1.54) is 4.70 Å². The van der Waals surface area contributed by atoms with Gasteiger partial charge in [-0.3, -0.25) is 9.13 Å². The minimum Gasteiger partial charge on any atom is -0.359 e. The number of para-hydroxylation sites is 1. The number of nitrogens with one attached hydrogen (secondary N) is 1. The summed E-state index contributed by atoms with van der Waals surface area (Å²) >= 11 is 1.68. The number of nitrogens with zero attached hydrogens (tertiary/aromatic N) is 5. The number of rotatable bonds is 4. The van der Waals surface area contributed by atoms with Gasteiger partial charge >= 0.3 is 5.69 Å². The number of hydrogen-bond acceptors (Lipinski definition) is 6. The predicted molar refractivity (Wildman–Crippen MR) is 105 cm³/mol. The van der Waals surface area contributed by atoms with Gasteiger partial charge in [-0.05, 0) is 37.8 Å². The zero-order valence-electron chi connectivity index (χ0n) is 14.6. The van der Waals surface area contributed by atoms with Gasteiger partial charge < -0.3 is 5.32 Å².